The monoisotopic (exact) mass is 297 g/mol. The van der Waals surface area contributed by atoms with Gasteiger partial charge in [0.15, 0.2) is 5.82 Å². The molecular weight excluding hydrogens is 291 g/mol. The summed E-state index contributed by atoms with van der Waals surface area (Å²) < 4.78 is 42.0. The average Bonchev–Trinajstić information content (AvgIpc) is 2.20. The Bertz CT molecular complexity index is 412. The SMILES string of the molecule is CCOC(=O)c1cc(F)c(C(F)F)nc1Br. The minimum absolute atomic E-state index is 0.101. The first kappa shape index (κ1) is 13.0. The van der Waals surface area contributed by atoms with Gasteiger partial charge in [0.25, 0.3) is 6.43 Å². The van der Waals surface area contributed by atoms with Gasteiger partial charge in [0.1, 0.15) is 10.3 Å². The zero-order valence-electron chi connectivity index (χ0n) is 8.14. The number of esters is 1. The normalized spacial score (nSPS) is 10.6. The van der Waals surface area contributed by atoms with Crippen molar-refractivity contribution in [3.8, 4) is 0 Å². The number of aromatic nitrogens is 1. The van der Waals surface area contributed by atoms with Gasteiger partial charge in [0.05, 0.1) is 12.2 Å². The van der Waals surface area contributed by atoms with Crippen LogP contribution in [0, 0.1) is 5.82 Å². The van der Waals surface area contributed by atoms with Crippen LogP contribution in [0.5, 0.6) is 0 Å². The van der Waals surface area contributed by atoms with Crippen molar-refractivity contribution >= 4 is 21.9 Å². The standard InChI is InChI=1S/C9H7BrF3NO2/c1-2-16-9(15)4-3-5(11)6(8(12)13)14-7(4)10/h3,8H,2H2,1H3. The molecule has 3 nitrogen and oxygen atoms in total. The Hall–Kier alpha value is -1.11. The summed E-state index contributed by atoms with van der Waals surface area (Å²) in [7, 11) is 0. The van der Waals surface area contributed by atoms with Crippen molar-refractivity contribution in [1.29, 1.82) is 0 Å². The van der Waals surface area contributed by atoms with E-state index in [1.165, 1.54) is 0 Å². The molecule has 0 saturated heterocycles. The van der Waals surface area contributed by atoms with Gasteiger partial charge in [-0.3, -0.25) is 0 Å². The number of hydrogen-bond acceptors (Lipinski definition) is 3. The fraction of sp³-hybridized carbons (Fsp3) is 0.333. The highest BCUT2D eigenvalue weighted by Gasteiger charge is 2.21. The van der Waals surface area contributed by atoms with Gasteiger partial charge in [-0.1, -0.05) is 0 Å². The van der Waals surface area contributed by atoms with Crippen molar-refractivity contribution < 1.29 is 22.7 Å². The van der Waals surface area contributed by atoms with E-state index >= 15 is 0 Å². The van der Waals surface area contributed by atoms with E-state index in [4.69, 9.17) is 0 Å². The van der Waals surface area contributed by atoms with E-state index in [1.807, 2.05) is 0 Å². The number of carbonyl (C=O) groups is 1. The molecule has 88 valence electrons. The van der Waals surface area contributed by atoms with Gasteiger partial charge in [-0.05, 0) is 28.9 Å². The van der Waals surface area contributed by atoms with E-state index in [1.54, 1.807) is 6.92 Å². The lowest BCUT2D eigenvalue weighted by atomic mass is 10.2. The third-order valence-electron chi connectivity index (χ3n) is 1.66. The number of pyridine rings is 1. The Labute approximate surface area is 97.8 Å². The zero-order chi connectivity index (χ0) is 12.3. The maximum absolute atomic E-state index is 13.1. The quantitative estimate of drug-likeness (QED) is 0.636. The summed E-state index contributed by atoms with van der Waals surface area (Å²) in [6.45, 7) is 1.67. The molecule has 16 heavy (non-hydrogen) atoms. The molecule has 0 spiro atoms. The summed E-state index contributed by atoms with van der Waals surface area (Å²) in [6.07, 6.45) is -3.03. The summed E-state index contributed by atoms with van der Waals surface area (Å²) in [5, 5.41) is 0. The van der Waals surface area contributed by atoms with Crippen molar-refractivity contribution in [1.82, 2.24) is 4.98 Å². The van der Waals surface area contributed by atoms with Crippen molar-refractivity contribution in [2.45, 2.75) is 13.3 Å². The first-order valence-electron chi connectivity index (χ1n) is 4.28. The minimum Gasteiger partial charge on any atom is -0.462 e. The van der Waals surface area contributed by atoms with Gasteiger partial charge in [0, 0.05) is 0 Å². The Balaban J connectivity index is 3.15. The van der Waals surface area contributed by atoms with E-state index < -0.39 is 23.9 Å². The second-order valence-electron chi connectivity index (χ2n) is 2.71. The molecule has 1 aromatic rings. The molecule has 0 unspecified atom stereocenters. The molecule has 0 bridgehead atoms. The molecule has 1 rings (SSSR count). The Morgan fingerprint density at radius 1 is 1.62 bits per heavy atom. The van der Waals surface area contributed by atoms with Crippen LogP contribution in [0.2, 0.25) is 0 Å². The van der Waals surface area contributed by atoms with Crippen molar-refractivity contribution in [2.24, 2.45) is 0 Å². The molecule has 0 aliphatic rings. The van der Waals surface area contributed by atoms with Gasteiger partial charge in [-0.2, -0.15) is 0 Å². The second kappa shape index (κ2) is 5.29. The predicted molar refractivity (Wildman–Crippen MR) is 52.8 cm³/mol. The van der Waals surface area contributed by atoms with E-state index in [-0.39, 0.29) is 16.8 Å². The van der Waals surface area contributed by atoms with Gasteiger partial charge in [-0.25, -0.2) is 22.9 Å². The number of halogens is 4. The first-order valence-corrected chi connectivity index (χ1v) is 5.07. The van der Waals surface area contributed by atoms with E-state index in [0.717, 1.165) is 0 Å². The summed E-state index contributed by atoms with van der Waals surface area (Å²) in [5.41, 5.74) is -1.22. The lowest BCUT2D eigenvalue weighted by molar-refractivity contribution is 0.0523. The molecule has 1 heterocycles. The summed E-state index contributed by atoms with van der Waals surface area (Å²) in [6, 6.07) is 0.677. The maximum Gasteiger partial charge on any atom is 0.340 e. The Kier molecular flexibility index (Phi) is 4.28. The largest absolute Gasteiger partial charge is 0.462 e. The molecule has 0 atom stereocenters. The molecular formula is C9H7BrF3NO2. The topological polar surface area (TPSA) is 39.2 Å². The third kappa shape index (κ3) is 2.72. The molecule has 0 amide bonds. The van der Waals surface area contributed by atoms with Crippen LogP contribution in [0.1, 0.15) is 29.4 Å². The number of rotatable bonds is 3. The van der Waals surface area contributed by atoms with Gasteiger partial charge < -0.3 is 4.74 Å². The smallest absolute Gasteiger partial charge is 0.340 e. The highest BCUT2D eigenvalue weighted by atomic mass is 79.9. The van der Waals surface area contributed by atoms with Gasteiger partial charge in [-0.15, -0.1) is 0 Å². The van der Waals surface area contributed by atoms with E-state index in [9.17, 15) is 18.0 Å². The number of hydrogen-bond donors (Lipinski definition) is 0. The van der Waals surface area contributed by atoms with Crippen LogP contribution >= 0.6 is 15.9 Å². The highest BCUT2D eigenvalue weighted by molar-refractivity contribution is 9.10. The molecule has 1 aromatic heterocycles. The van der Waals surface area contributed by atoms with Crippen LogP contribution in [-0.2, 0) is 4.74 Å². The lowest BCUT2D eigenvalue weighted by Crippen LogP contribution is -2.09. The summed E-state index contributed by atoms with van der Waals surface area (Å²) >= 11 is 2.81. The average molecular weight is 298 g/mol. The van der Waals surface area contributed by atoms with Crippen LogP contribution in [0.25, 0.3) is 0 Å². The number of alkyl halides is 2. The first-order chi connectivity index (χ1) is 7.47. The van der Waals surface area contributed by atoms with Crippen molar-refractivity contribution in [2.75, 3.05) is 6.61 Å². The molecule has 0 N–H and O–H groups in total. The molecule has 7 heteroatoms. The molecule has 0 aromatic carbocycles. The van der Waals surface area contributed by atoms with Gasteiger partial charge >= 0.3 is 5.97 Å². The molecule has 0 aliphatic carbocycles. The number of ether oxygens (including phenoxy) is 1. The Morgan fingerprint density at radius 2 is 2.25 bits per heavy atom. The van der Waals surface area contributed by atoms with Crippen LogP contribution in [0.4, 0.5) is 13.2 Å². The van der Waals surface area contributed by atoms with E-state index in [2.05, 4.69) is 25.7 Å². The molecule has 0 fully saturated rings. The fourth-order valence-corrected chi connectivity index (χ4v) is 1.45. The van der Waals surface area contributed by atoms with Crippen LogP contribution in [-0.4, -0.2) is 17.6 Å². The third-order valence-corrected chi connectivity index (χ3v) is 2.26. The summed E-state index contributed by atoms with van der Waals surface area (Å²) in [4.78, 5) is 14.5. The summed E-state index contributed by atoms with van der Waals surface area (Å²) in [5.74, 6) is -2.05. The lowest BCUT2D eigenvalue weighted by Gasteiger charge is -2.06. The second-order valence-corrected chi connectivity index (χ2v) is 3.47. The van der Waals surface area contributed by atoms with E-state index in [0.29, 0.717) is 6.07 Å². The van der Waals surface area contributed by atoms with Crippen LogP contribution in [0.15, 0.2) is 10.7 Å². The van der Waals surface area contributed by atoms with Gasteiger partial charge in [0.2, 0.25) is 0 Å². The number of carbonyl (C=O) groups excluding carboxylic acids is 1. The minimum atomic E-state index is -3.03. The highest BCUT2D eigenvalue weighted by Crippen LogP contribution is 2.25. The molecule has 0 aliphatic heterocycles. The van der Waals surface area contributed by atoms with Crippen LogP contribution < -0.4 is 0 Å². The zero-order valence-corrected chi connectivity index (χ0v) is 9.72. The predicted octanol–water partition coefficient (Wildman–Crippen LogP) is 3.10. The molecule has 0 radical (unpaired) electrons. The maximum atomic E-state index is 13.1. The molecule has 0 saturated carbocycles. The fourth-order valence-electron chi connectivity index (χ4n) is 0.985. The van der Waals surface area contributed by atoms with Crippen molar-refractivity contribution in [3.63, 3.8) is 0 Å². The van der Waals surface area contributed by atoms with Crippen LogP contribution in [0.3, 0.4) is 0 Å². The number of nitrogens with zero attached hydrogens (tertiary/aromatic N) is 1. The van der Waals surface area contributed by atoms with Crippen molar-refractivity contribution in [3.05, 3.63) is 27.7 Å². The Morgan fingerprint density at radius 3 is 2.75 bits per heavy atom.